The van der Waals surface area contributed by atoms with Crippen molar-refractivity contribution in [2.75, 3.05) is 25.4 Å². The van der Waals surface area contributed by atoms with Crippen LogP contribution in [-0.2, 0) is 16.8 Å². The van der Waals surface area contributed by atoms with Gasteiger partial charge in [0.15, 0.2) is 0 Å². The summed E-state index contributed by atoms with van der Waals surface area (Å²) in [6, 6.07) is 27.1. The fourth-order valence-electron chi connectivity index (χ4n) is 6.16. The third kappa shape index (κ3) is 10.6. The van der Waals surface area contributed by atoms with Crippen molar-refractivity contribution in [1.82, 2.24) is 15.6 Å². The number of aliphatic hydroxyl groups is 1. The summed E-state index contributed by atoms with van der Waals surface area (Å²) >= 11 is 8.04. The maximum Gasteiger partial charge on any atom is 0.303 e. The second-order valence-electron chi connectivity index (χ2n) is 13.8. The number of aromatic nitrogens is 1. The Labute approximate surface area is 294 Å². The summed E-state index contributed by atoms with van der Waals surface area (Å²) in [6.45, 7) is 9.23. The molecule has 8 heteroatoms. The fourth-order valence-corrected chi connectivity index (χ4v) is 7.89. The topological polar surface area (TPSA) is 94.5 Å². The van der Waals surface area contributed by atoms with E-state index in [1.165, 1.54) is 5.56 Å². The number of pyridine rings is 1. The molecule has 254 valence electrons. The van der Waals surface area contributed by atoms with Crippen molar-refractivity contribution in [3.05, 3.63) is 112 Å². The van der Waals surface area contributed by atoms with Crippen molar-refractivity contribution in [1.29, 1.82) is 0 Å². The van der Waals surface area contributed by atoms with Crippen LogP contribution in [0, 0.1) is 5.41 Å². The van der Waals surface area contributed by atoms with Crippen molar-refractivity contribution in [3.8, 4) is 0 Å². The minimum atomic E-state index is -0.911. The van der Waals surface area contributed by atoms with Crippen LogP contribution in [0.2, 0.25) is 5.02 Å². The maximum absolute atomic E-state index is 11.5. The van der Waals surface area contributed by atoms with Crippen LogP contribution in [0.4, 0.5) is 0 Å². The van der Waals surface area contributed by atoms with Crippen molar-refractivity contribution >= 4 is 52.4 Å². The molecule has 48 heavy (non-hydrogen) atoms. The molecule has 2 fully saturated rings. The van der Waals surface area contributed by atoms with E-state index < -0.39 is 11.6 Å². The lowest BCUT2D eigenvalue weighted by molar-refractivity contribution is -0.138. The number of aryl methyl sites for hydroxylation is 1. The second-order valence-corrected chi connectivity index (χ2v) is 15.4. The third-order valence-electron chi connectivity index (χ3n) is 9.08. The molecule has 2 heterocycles. The number of carboxylic acid groups (broad SMARTS) is 1. The number of aliphatic carboxylic acids is 1. The lowest BCUT2D eigenvalue weighted by Gasteiger charge is -2.24. The lowest BCUT2D eigenvalue weighted by atomic mass is 9.90. The largest absolute Gasteiger partial charge is 0.481 e. The molecule has 1 aliphatic carbocycles. The van der Waals surface area contributed by atoms with Crippen LogP contribution in [0.3, 0.4) is 0 Å². The molecular formula is C40H48ClN3O3S. The van der Waals surface area contributed by atoms with Crippen LogP contribution in [0.25, 0.3) is 23.1 Å². The van der Waals surface area contributed by atoms with E-state index in [2.05, 4.69) is 60.0 Å². The molecule has 1 unspecified atom stereocenters. The number of hydrogen-bond donors (Lipinski definition) is 4. The first-order chi connectivity index (χ1) is 23.0. The smallest absolute Gasteiger partial charge is 0.303 e. The van der Waals surface area contributed by atoms with Crippen molar-refractivity contribution in [2.45, 2.75) is 69.8 Å². The van der Waals surface area contributed by atoms with Gasteiger partial charge in [-0.05, 0) is 98.4 Å². The quantitative estimate of drug-likeness (QED) is 0.119. The predicted molar refractivity (Wildman–Crippen MR) is 202 cm³/mol. The number of halogens is 1. The highest BCUT2D eigenvalue weighted by Crippen LogP contribution is 2.53. The minimum Gasteiger partial charge on any atom is -0.481 e. The number of fused-ring (bicyclic) bond motifs is 1. The van der Waals surface area contributed by atoms with Gasteiger partial charge in [0.1, 0.15) is 0 Å². The van der Waals surface area contributed by atoms with Gasteiger partial charge in [-0.15, -0.1) is 0 Å². The van der Waals surface area contributed by atoms with Gasteiger partial charge in [0, 0.05) is 47.1 Å². The third-order valence-corrected chi connectivity index (χ3v) is 11.0. The summed E-state index contributed by atoms with van der Waals surface area (Å²) in [5.41, 5.74) is 5.15. The molecule has 0 amide bonds. The molecule has 6 rings (SSSR count). The number of carboxylic acids is 1. The Bertz CT molecular complexity index is 1710. The highest BCUT2D eigenvalue weighted by Gasteiger charge is 2.44. The predicted octanol–water partition coefficient (Wildman–Crippen LogP) is 8.52. The number of nitrogens with zero attached hydrogens (tertiary/aromatic N) is 1. The molecule has 4 aromatic rings. The van der Waals surface area contributed by atoms with Crippen LogP contribution in [-0.4, -0.2) is 52.6 Å². The lowest BCUT2D eigenvalue weighted by Crippen LogP contribution is -2.46. The summed E-state index contributed by atoms with van der Waals surface area (Å²) in [5, 5.41) is 28.7. The molecule has 2 aliphatic rings. The molecule has 0 spiro atoms. The number of thioether (sulfide) groups is 1. The summed E-state index contributed by atoms with van der Waals surface area (Å²) in [7, 11) is 0. The summed E-state index contributed by atoms with van der Waals surface area (Å²) in [5.74, 6) is 0.122. The number of rotatable bonds is 12. The van der Waals surface area contributed by atoms with E-state index in [9.17, 15) is 15.0 Å². The van der Waals surface area contributed by atoms with Crippen molar-refractivity contribution in [2.24, 2.45) is 5.41 Å². The molecule has 6 nitrogen and oxygen atoms in total. The molecule has 1 saturated heterocycles. The zero-order valence-corrected chi connectivity index (χ0v) is 29.8. The minimum absolute atomic E-state index is 0.0814. The van der Waals surface area contributed by atoms with Crippen LogP contribution >= 0.6 is 23.4 Å². The van der Waals surface area contributed by atoms with Crippen molar-refractivity contribution in [3.63, 3.8) is 0 Å². The second kappa shape index (κ2) is 16.5. The van der Waals surface area contributed by atoms with Gasteiger partial charge in [-0.2, -0.15) is 11.8 Å². The average molecular weight is 686 g/mol. The molecule has 0 radical (unpaired) electrons. The summed E-state index contributed by atoms with van der Waals surface area (Å²) in [4.78, 5) is 16.2. The van der Waals surface area contributed by atoms with Gasteiger partial charge in [0.25, 0.3) is 0 Å². The van der Waals surface area contributed by atoms with E-state index in [1.54, 1.807) is 0 Å². The first kappa shape index (κ1) is 36.1. The van der Waals surface area contributed by atoms with Gasteiger partial charge >= 0.3 is 5.97 Å². The molecule has 0 bridgehead atoms. The van der Waals surface area contributed by atoms with Crippen LogP contribution in [0.1, 0.15) is 79.7 Å². The van der Waals surface area contributed by atoms with E-state index in [1.807, 2.05) is 74.1 Å². The van der Waals surface area contributed by atoms with Gasteiger partial charge in [-0.25, -0.2) is 4.98 Å². The van der Waals surface area contributed by atoms with Gasteiger partial charge in [-0.3, -0.25) is 4.79 Å². The Morgan fingerprint density at radius 1 is 1.06 bits per heavy atom. The van der Waals surface area contributed by atoms with E-state index >= 15 is 0 Å². The number of benzene rings is 3. The Balaban J connectivity index is 0.000000572. The first-order valence-corrected chi connectivity index (χ1v) is 18.3. The Kier molecular flexibility index (Phi) is 12.4. The van der Waals surface area contributed by atoms with Gasteiger partial charge in [0.2, 0.25) is 0 Å². The average Bonchev–Trinajstić information content (AvgIpc) is 3.82. The highest BCUT2D eigenvalue weighted by atomic mass is 35.5. The SMILES string of the molecule is CC(C)(O)c1ccccc1CC[C@@H](SCC1(CC(=O)O)CC1)c1cccc(/C=C/c2ccc3ccc(Cl)cc3n2)c1.CC1CNCCN1. The van der Waals surface area contributed by atoms with Crippen LogP contribution < -0.4 is 10.6 Å². The zero-order chi connectivity index (χ0) is 34.1. The van der Waals surface area contributed by atoms with Crippen LogP contribution in [0.15, 0.2) is 78.9 Å². The van der Waals surface area contributed by atoms with E-state index in [0.717, 1.165) is 84.4 Å². The maximum atomic E-state index is 11.5. The van der Waals surface area contributed by atoms with Gasteiger partial charge in [0.05, 0.1) is 23.2 Å². The zero-order valence-electron chi connectivity index (χ0n) is 28.2. The Morgan fingerprint density at radius 2 is 1.85 bits per heavy atom. The monoisotopic (exact) mass is 685 g/mol. The van der Waals surface area contributed by atoms with Crippen LogP contribution in [0.5, 0.6) is 0 Å². The van der Waals surface area contributed by atoms with Crippen molar-refractivity contribution < 1.29 is 15.0 Å². The number of nitrogens with one attached hydrogen (secondary N) is 2. The van der Waals surface area contributed by atoms with E-state index in [0.29, 0.717) is 11.1 Å². The fraction of sp³-hybridized carbons (Fsp3) is 0.400. The highest BCUT2D eigenvalue weighted by molar-refractivity contribution is 7.99. The Morgan fingerprint density at radius 3 is 2.54 bits per heavy atom. The number of carbonyl (C=O) groups is 1. The molecular weight excluding hydrogens is 638 g/mol. The summed E-state index contributed by atoms with van der Waals surface area (Å²) < 4.78 is 0. The summed E-state index contributed by atoms with van der Waals surface area (Å²) in [6.07, 6.45) is 8.02. The molecule has 3 aromatic carbocycles. The van der Waals surface area contributed by atoms with Gasteiger partial charge in [-0.1, -0.05) is 78.3 Å². The number of piperazine rings is 1. The van der Waals surface area contributed by atoms with E-state index in [4.69, 9.17) is 16.6 Å². The standard InChI is InChI=1S/C35H36ClNO3S.C5H12N2/c1-34(2,40)30-9-4-3-7-25(30)13-17-32(41-23-35(18-19-35)22-33(38)39)27-8-5-6-24(20-27)10-15-29-16-12-26-11-14-28(36)21-31(26)37-29;1-5-4-6-2-3-7-5/h3-12,14-16,20-21,32,40H,13,17-19,22-23H2,1-2H3,(H,38,39);5-7H,2-4H2,1H3/b15-10+;/t32-;/m1./s1. The molecule has 1 saturated carbocycles. The molecule has 1 aromatic heterocycles. The normalized spacial score (nSPS) is 17.9. The molecule has 2 atom stereocenters. The van der Waals surface area contributed by atoms with E-state index in [-0.39, 0.29) is 17.1 Å². The first-order valence-electron chi connectivity index (χ1n) is 16.9. The Hall–Kier alpha value is -3.20. The molecule has 4 N–H and O–H groups in total. The number of hydrogen-bond acceptors (Lipinski definition) is 6. The molecule has 1 aliphatic heterocycles. The van der Waals surface area contributed by atoms with Gasteiger partial charge < -0.3 is 20.8 Å².